The Bertz CT molecular complexity index is 696. The Morgan fingerprint density at radius 1 is 1.10 bits per heavy atom. The van der Waals surface area contributed by atoms with Crippen molar-refractivity contribution in [1.29, 1.82) is 0 Å². The second-order valence-electron chi connectivity index (χ2n) is 4.15. The molecule has 0 atom stereocenters. The monoisotopic (exact) mass is 287 g/mol. The summed E-state index contributed by atoms with van der Waals surface area (Å²) in [4.78, 5) is 22.6. The third kappa shape index (κ3) is 2.69. The van der Waals surface area contributed by atoms with Gasteiger partial charge in [-0.1, -0.05) is 24.3 Å². The summed E-state index contributed by atoms with van der Waals surface area (Å²) in [6.45, 7) is 0. The van der Waals surface area contributed by atoms with Gasteiger partial charge < -0.3 is 9.47 Å². The minimum absolute atomic E-state index is 0.121. The van der Waals surface area contributed by atoms with Crippen LogP contribution in [-0.2, 0) is 4.74 Å². The molecule has 21 heavy (non-hydrogen) atoms. The fraction of sp³-hybridized carbons (Fsp3) is 0.133. The molecule has 0 spiro atoms. The molecule has 2 aromatic carbocycles. The third-order valence-corrected chi connectivity index (χ3v) is 3.02. The lowest BCUT2D eigenvalue weighted by Gasteiger charge is -2.12. The van der Waals surface area contributed by atoms with Crippen molar-refractivity contribution in [3.63, 3.8) is 0 Å². The van der Waals surface area contributed by atoms with Crippen molar-refractivity contribution in [2.24, 2.45) is 0 Å². The van der Waals surface area contributed by atoms with E-state index in [1.165, 1.54) is 32.4 Å². The van der Waals surface area contributed by atoms with Crippen LogP contribution in [0.25, 0.3) is 11.1 Å². The van der Waals surface area contributed by atoms with Crippen molar-refractivity contribution in [1.82, 2.24) is 0 Å². The summed E-state index contributed by atoms with van der Waals surface area (Å²) in [6.07, 6.45) is 0. The quantitative estimate of drug-likeness (QED) is 0.490. The van der Waals surface area contributed by atoms with Gasteiger partial charge in [-0.15, -0.1) is 0 Å². The minimum atomic E-state index is -0.639. The SMILES string of the molecule is COC(=O)c1cccc([N+](=O)[O-])c1-c1ccccc1OC. The minimum Gasteiger partial charge on any atom is -0.496 e. The van der Waals surface area contributed by atoms with E-state index >= 15 is 0 Å². The molecule has 0 aliphatic carbocycles. The summed E-state index contributed by atoms with van der Waals surface area (Å²) in [5.41, 5.74) is 0.595. The molecule has 0 aliphatic rings. The average Bonchev–Trinajstić information content (AvgIpc) is 2.53. The van der Waals surface area contributed by atoms with Crippen molar-refractivity contribution in [3.05, 3.63) is 58.1 Å². The van der Waals surface area contributed by atoms with Crippen LogP contribution in [0.1, 0.15) is 10.4 Å². The smallest absolute Gasteiger partial charge is 0.338 e. The van der Waals surface area contributed by atoms with Gasteiger partial charge in [-0.3, -0.25) is 10.1 Å². The molecule has 6 heteroatoms. The molecule has 0 saturated carbocycles. The average molecular weight is 287 g/mol. The molecule has 0 saturated heterocycles. The van der Waals surface area contributed by atoms with E-state index < -0.39 is 10.9 Å². The van der Waals surface area contributed by atoms with E-state index in [-0.39, 0.29) is 16.8 Å². The molecule has 0 aromatic heterocycles. The molecule has 0 N–H and O–H groups in total. The van der Waals surface area contributed by atoms with Crippen molar-refractivity contribution in [3.8, 4) is 16.9 Å². The maximum absolute atomic E-state index is 11.9. The van der Waals surface area contributed by atoms with E-state index in [4.69, 9.17) is 9.47 Å². The molecule has 2 aromatic rings. The van der Waals surface area contributed by atoms with E-state index in [2.05, 4.69) is 0 Å². The molecule has 0 bridgehead atoms. The van der Waals surface area contributed by atoms with Crippen molar-refractivity contribution in [2.75, 3.05) is 14.2 Å². The molecule has 0 radical (unpaired) electrons. The van der Waals surface area contributed by atoms with E-state index in [1.807, 2.05) is 0 Å². The van der Waals surface area contributed by atoms with E-state index in [0.29, 0.717) is 11.3 Å². The number of carbonyl (C=O) groups excluding carboxylic acids is 1. The molecule has 0 amide bonds. The Kier molecular flexibility index (Phi) is 4.18. The summed E-state index contributed by atoms with van der Waals surface area (Å²) in [5, 5.41) is 11.3. The summed E-state index contributed by atoms with van der Waals surface area (Å²) in [6, 6.07) is 11.1. The topological polar surface area (TPSA) is 78.7 Å². The van der Waals surface area contributed by atoms with Gasteiger partial charge in [0, 0.05) is 11.6 Å². The first-order valence-corrected chi connectivity index (χ1v) is 6.09. The van der Waals surface area contributed by atoms with Gasteiger partial charge in [0.1, 0.15) is 5.75 Å². The number of esters is 1. The number of hydrogen-bond acceptors (Lipinski definition) is 5. The zero-order chi connectivity index (χ0) is 15.4. The Balaban J connectivity index is 2.81. The molecule has 108 valence electrons. The van der Waals surface area contributed by atoms with Gasteiger partial charge >= 0.3 is 5.97 Å². The zero-order valence-corrected chi connectivity index (χ0v) is 11.5. The molecule has 6 nitrogen and oxygen atoms in total. The zero-order valence-electron chi connectivity index (χ0n) is 11.5. The number of nitro benzene ring substituents is 1. The highest BCUT2D eigenvalue weighted by Gasteiger charge is 2.25. The highest BCUT2D eigenvalue weighted by Crippen LogP contribution is 2.38. The van der Waals surface area contributed by atoms with E-state index in [1.54, 1.807) is 24.3 Å². The lowest BCUT2D eigenvalue weighted by Crippen LogP contribution is -2.06. The third-order valence-electron chi connectivity index (χ3n) is 3.02. The van der Waals surface area contributed by atoms with Crippen LogP contribution < -0.4 is 4.74 Å². The maximum Gasteiger partial charge on any atom is 0.338 e. The van der Waals surface area contributed by atoms with Crippen molar-refractivity contribution < 1.29 is 19.2 Å². The lowest BCUT2D eigenvalue weighted by molar-refractivity contribution is -0.384. The van der Waals surface area contributed by atoms with Gasteiger partial charge in [0.05, 0.1) is 30.3 Å². The standard InChI is InChI=1S/C15H13NO5/c1-20-13-9-4-3-6-10(13)14-11(15(17)21-2)7-5-8-12(14)16(18)19/h3-9H,1-2H3. The Morgan fingerprint density at radius 2 is 1.81 bits per heavy atom. The van der Waals surface area contributed by atoms with Gasteiger partial charge in [0.2, 0.25) is 0 Å². The first kappa shape index (κ1) is 14.5. The van der Waals surface area contributed by atoms with Gasteiger partial charge in [-0.25, -0.2) is 4.79 Å². The predicted octanol–water partition coefficient (Wildman–Crippen LogP) is 3.06. The molecule has 0 unspecified atom stereocenters. The Labute approximate surface area is 121 Å². The Hall–Kier alpha value is -2.89. The summed E-state index contributed by atoms with van der Waals surface area (Å²) >= 11 is 0. The first-order valence-electron chi connectivity index (χ1n) is 6.09. The van der Waals surface area contributed by atoms with Gasteiger partial charge in [-0.05, 0) is 12.1 Å². The number of para-hydroxylation sites is 1. The van der Waals surface area contributed by atoms with Crippen molar-refractivity contribution in [2.45, 2.75) is 0 Å². The van der Waals surface area contributed by atoms with Gasteiger partial charge in [0.25, 0.3) is 5.69 Å². The number of hydrogen-bond donors (Lipinski definition) is 0. The normalized spacial score (nSPS) is 10.0. The molecule has 0 aliphatic heterocycles. The largest absolute Gasteiger partial charge is 0.496 e. The number of carbonyl (C=O) groups is 1. The Morgan fingerprint density at radius 3 is 2.43 bits per heavy atom. The second kappa shape index (κ2) is 6.04. The van der Waals surface area contributed by atoms with E-state index in [9.17, 15) is 14.9 Å². The van der Waals surface area contributed by atoms with Crippen LogP contribution in [0.15, 0.2) is 42.5 Å². The fourth-order valence-electron chi connectivity index (χ4n) is 2.11. The predicted molar refractivity (Wildman–Crippen MR) is 76.4 cm³/mol. The number of benzene rings is 2. The van der Waals surface area contributed by atoms with Crippen LogP contribution >= 0.6 is 0 Å². The molecule has 0 fully saturated rings. The second-order valence-corrected chi connectivity index (χ2v) is 4.15. The molecule has 0 heterocycles. The van der Waals surface area contributed by atoms with Crippen molar-refractivity contribution >= 4 is 11.7 Å². The summed E-state index contributed by atoms with van der Waals surface area (Å²) < 4.78 is 9.93. The van der Waals surface area contributed by atoms with Crippen LogP contribution in [-0.4, -0.2) is 25.1 Å². The summed E-state index contributed by atoms with van der Waals surface area (Å²) in [5.74, 6) is -0.198. The highest BCUT2D eigenvalue weighted by molar-refractivity contribution is 6.00. The first-order chi connectivity index (χ1) is 10.1. The molecular weight excluding hydrogens is 274 g/mol. The summed E-state index contributed by atoms with van der Waals surface area (Å²) in [7, 11) is 2.69. The maximum atomic E-state index is 11.9. The van der Waals surface area contributed by atoms with Gasteiger partial charge in [-0.2, -0.15) is 0 Å². The molecular formula is C15H13NO5. The fourth-order valence-corrected chi connectivity index (χ4v) is 2.11. The van der Waals surface area contributed by atoms with Crippen LogP contribution in [0.3, 0.4) is 0 Å². The lowest BCUT2D eigenvalue weighted by atomic mass is 9.97. The number of ether oxygens (including phenoxy) is 2. The number of rotatable bonds is 4. The van der Waals surface area contributed by atoms with Crippen LogP contribution in [0.4, 0.5) is 5.69 Å². The highest BCUT2D eigenvalue weighted by atomic mass is 16.6. The number of methoxy groups -OCH3 is 2. The molecule has 2 rings (SSSR count). The number of nitro groups is 1. The van der Waals surface area contributed by atoms with Gasteiger partial charge in [0.15, 0.2) is 0 Å². The van der Waals surface area contributed by atoms with Crippen LogP contribution in [0, 0.1) is 10.1 Å². The van der Waals surface area contributed by atoms with E-state index in [0.717, 1.165) is 0 Å². The van der Waals surface area contributed by atoms with Crippen LogP contribution in [0.5, 0.6) is 5.75 Å². The van der Waals surface area contributed by atoms with Crippen LogP contribution in [0.2, 0.25) is 0 Å². The number of nitrogens with zero attached hydrogens (tertiary/aromatic N) is 1.